The molecule has 0 aliphatic rings. The molecule has 0 rings (SSSR count). The molecule has 0 N–H and O–H groups in total. The van der Waals surface area contributed by atoms with Crippen LogP contribution in [0.4, 0.5) is 0 Å². The third kappa shape index (κ3) is 6.76. The molecular weight excluding hydrogens is 162 g/mol. The van der Waals surface area contributed by atoms with E-state index in [0.29, 0.717) is 17.6 Å². The quantitative estimate of drug-likeness (QED) is 0.600. The summed E-state index contributed by atoms with van der Waals surface area (Å²) in [4.78, 5) is 11.0. The molecule has 2 heteroatoms. The van der Waals surface area contributed by atoms with Crippen LogP contribution in [0.5, 0.6) is 0 Å². The monoisotopic (exact) mass is 186 g/mol. The smallest absolute Gasteiger partial charge is 0.130 e. The first-order valence-electron chi connectivity index (χ1n) is 5.02. The zero-order chi connectivity index (χ0) is 10.6. The normalized spacial score (nSPS) is 14.7. The SMILES string of the molecule is CC(=O)CC(C[N+](C)(C)C)C(C)C. The summed E-state index contributed by atoms with van der Waals surface area (Å²) in [5.41, 5.74) is 0. The first-order chi connectivity index (χ1) is 5.72. The summed E-state index contributed by atoms with van der Waals surface area (Å²) >= 11 is 0. The van der Waals surface area contributed by atoms with Gasteiger partial charge in [0, 0.05) is 12.3 Å². The number of ketones is 1. The second-order valence-corrected chi connectivity index (χ2v) is 5.38. The summed E-state index contributed by atoms with van der Waals surface area (Å²) in [6, 6.07) is 0. The van der Waals surface area contributed by atoms with Crippen molar-refractivity contribution in [2.24, 2.45) is 11.8 Å². The van der Waals surface area contributed by atoms with Gasteiger partial charge in [-0.1, -0.05) is 13.8 Å². The molecule has 0 bridgehead atoms. The van der Waals surface area contributed by atoms with E-state index in [9.17, 15) is 4.79 Å². The molecule has 0 radical (unpaired) electrons. The van der Waals surface area contributed by atoms with Gasteiger partial charge in [-0.3, -0.25) is 0 Å². The average molecular weight is 186 g/mol. The van der Waals surface area contributed by atoms with Crippen LogP contribution >= 0.6 is 0 Å². The third-order valence-corrected chi connectivity index (χ3v) is 2.27. The van der Waals surface area contributed by atoms with Gasteiger partial charge in [-0.15, -0.1) is 0 Å². The van der Waals surface area contributed by atoms with Crippen LogP contribution in [-0.4, -0.2) is 38.0 Å². The molecule has 0 saturated carbocycles. The summed E-state index contributed by atoms with van der Waals surface area (Å²) < 4.78 is 0.941. The van der Waals surface area contributed by atoms with Crippen molar-refractivity contribution in [3.8, 4) is 0 Å². The molecule has 0 fully saturated rings. The molecular formula is C11H24NO+. The molecule has 0 spiro atoms. The Hall–Kier alpha value is -0.370. The largest absolute Gasteiger partial charge is 0.331 e. The summed E-state index contributed by atoms with van der Waals surface area (Å²) in [5, 5.41) is 0. The van der Waals surface area contributed by atoms with E-state index in [1.165, 1.54) is 0 Å². The van der Waals surface area contributed by atoms with Gasteiger partial charge in [-0.2, -0.15) is 0 Å². The minimum Gasteiger partial charge on any atom is -0.331 e. The van der Waals surface area contributed by atoms with Crippen molar-refractivity contribution >= 4 is 5.78 Å². The molecule has 0 aromatic rings. The van der Waals surface area contributed by atoms with Crippen molar-refractivity contribution in [1.29, 1.82) is 0 Å². The molecule has 0 aromatic carbocycles. The fourth-order valence-corrected chi connectivity index (χ4v) is 1.58. The predicted molar refractivity (Wildman–Crippen MR) is 56.5 cm³/mol. The number of hydrogen-bond acceptors (Lipinski definition) is 1. The minimum atomic E-state index is 0.312. The lowest BCUT2D eigenvalue weighted by Gasteiger charge is -2.30. The van der Waals surface area contributed by atoms with E-state index in [4.69, 9.17) is 0 Å². The lowest BCUT2D eigenvalue weighted by molar-refractivity contribution is -0.874. The van der Waals surface area contributed by atoms with Crippen molar-refractivity contribution in [2.45, 2.75) is 27.2 Å². The molecule has 1 unspecified atom stereocenters. The molecule has 0 aliphatic heterocycles. The second kappa shape index (κ2) is 4.75. The van der Waals surface area contributed by atoms with Crippen LogP contribution in [-0.2, 0) is 4.79 Å². The van der Waals surface area contributed by atoms with E-state index in [2.05, 4.69) is 35.0 Å². The second-order valence-electron chi connectivity index (χ2n) is 5.38. The molecule has 0 heterocycles. The van der Waals surface area contributed by atoms with Crippen LogP contribution in [0.3, 0.4) is 0 Å². The van der Waals surface area contributed by atoms with E-state index >= 15 is 0 Å². The highest BCUT2D eigenvalue weighted by molar-refractivity contribution is 5.75. The van der Waals surface area contributed by atoms with Crippen LogP contribution < -0.4 is 0 Å². The summed E-state index contributed by atoms with van der Waals surface area (Å²) in [5.74, 6) is 1.44. The molecule has 13 heavy (non-hydrogen) atoms. The van der Waals surface area contributed by atoms with E-state index < -0.39 is 0 Å². The maximum Gasteiger partial charge on any atom is 0.130 e. The number of carbonyl (C=O) groups is 1. The van der Waals surface area contributed by atoms with Gasteiger partial charge in [0.2, 0.25) is 0 Å². The van der Waals surface area contributed by atoms with Gasteiger partial charge in [0.1, 0.15) is 5.78 Å². The van der Waals surface area contributed by atoms with Crippen LogP contribution in [0.25, 0.3) is 0 Å². The van der Waals surface area contributed by atoms with Gasteiger partial charge in [-0.05, 0) is 12.8 Å². The standard InChI is InChI=1S/C11H24NO/c1-9(2)11(7-10(3)13)8-12(4,5)6/h9,11H,7-8H2,1-6H3/q+1. The van der Waals surface area contributed by atoms with Gasteiger partial charge in [-0.25, -0.2) is 0 Å². The average Bonchev–Trinajstić information content (AvgIpc) is 1.81. The lowest BCUT2D eigenvalue weighted by atomic mass is 9.90. The van der Waals surface area contributed by atoms with Gasteiger partial charge in [0.15, 0.2) is 0 Å². The van der Waals surface area contributed by atoms with E-state index in [1.54, 1.807) is 6.92 Å². The van der Waals surface area contributed by atoms with Crippen LogP contribution in [0.2, 0.25) is 0 Å². The number of hydrogen-bond donors (Lipinski definition) is 0. The van der Waals surface area contributed by atoms with E-state index in [1.807, 2.05) is 0 Å². The maximum absolute atomic E-state index is 11.0. The van der Waals surface area contributed by atoms with Gasteiger partial charge in [0.05, 0.1) is 27.7 Å². The maximum atomic E-state index is 11.0. The molecule has 0 amide bonds. The first kappa shape index (κ1) is 12.6. The topological polar surface area (TPSA) is 17.1 Å². The number of rotatable bonds is 5. The lowest BCUT2D eigenvalue weighted by Crippen LogP contribution is -2.41. The summed E-state index contributed by atoms with van der Waals surface area (Å²) in [6.45, 7) is 7.16. The Morgan fingerprint density at radius 3 is 1.92 bits per heavy atom. The van der Waals surface area contributed by atoms with Crippen molar-refractivity contribution < 1.29 is 9.28 Å². The molecule has 78 valence electrons. The number of Topliss-reactive ketones (excluding diaryl/α,β-unsaturated/α-hetero) is 1. The molecule has 0 aliphatic carbocycles. The van der Waals surface area contributed by atoms with Crippen molar-refractivity contribution in [2.75, 3.05) is 27.7 Å². The number of quaternary nitrogens is 1. The Bertz CT molecular complexity index is 167. The summed E-state index contributed by atoms with van der Waals surface area (Å²) in [6.07, 6.45) is 0.729. The summed E-state index contributed by atoms with van der Waals surface area (Å²) in [7, 11) is 6.53. The minimum absolute atomic E-state index is 0.312. The molecule has 0 aromatic heterocycles. The zero-order valence-electron chi connectivity index (χ0n) is 9.92. The molecule has 1 atom stereocenters. The van der Waals surface area contributed by atoms with E-state index in [-0.39, 0.29) is 0 Å². The fourth-order valence-electron chi connectivity index (χ4n) is 1.58. The highest BCUT2D eigenvalue weighted by Gasteiger charge is 2.22. The molecule has 2 nitrogen and oxygen atoms in total. The Balaban J connectivity index is 4.19. The van der Waals surface area contributed by atoms with Gasteiger partial charge in [0.25, 0.3) is 0 Å². The van der Waals surface area contributed by atoms with Crippen LogP contribution in [0.1, 0.15) is 27.2 Å². The molecule has 0 saturated heterocycles. The first-order valence-corrected chi connectivity index (χ1v) is 5.02. The van der Waals surface area contributed by atoms with Crippen LogP contribution in [0.15, 0.2) is 0 Å². The Morgan fingerprint density at radius 2 is 1.69 bits per heavy atom. The Kier molecular flexibility index (Phi) is 4.62. The van der Waals surface area contributed by atoms with Gasteiger partial charge < -0.3 is 9.28 Å². The van der Waals surface area contributed by atoms with E-state index in [0.717, 1.165) is 17.4 Å². The third-order valence-electron chi connectivity index (χ3n) is 2.27. The zero-order valence-corrected chi connectivity index (χ0v) is 9.92. The number of nitrogens with zero attached hydrogens (tertiary/aromatic N) is 1. The fraction of sp³-hybridized carbons (Fsp3) is 0.909. The van der Waals surface area contributed by atoms with Crippen molar-refractivity contribution in [3.63, 3.8) is 0 Å². The van der Waals surface area contributed by atoms with Crippen LogP contribution in [0, 0.1) is 11.8 Å². The number of carbonyl (C=O) groups excluding carboxylic acids is 1. The predicted octanol–water partition coefficient (Wildman–Crippen LogP) is 1.94. The highest BCUT2D eigenvalue weighted by atomic mass is 16.1. The Labute approximate surface area is 82.5 Å². The van der Waals surface area contributed by atoms with Gasteiger partial charge >= 0.3 is 0 Å². The van der Waals surface area contributed by atoms with Crippen molar-refractivity contribution in [1.82, 2.24) is 0 Å². The van der Waals surface area contributed by atoms with Crippen molar-refractivity contribution in [3.05, 3.63) is 0 Å². The highest BCUT2D eigenvalue weighted by Crippen LogP contribution is 2.18. The Morgan fingerprint density at radius 1 is 1.23 bits per heavy atom.